The highest BCUT2D eigenvalue weighted by atomic mass is 19.4. The van der Waals surface area contributed by atoms with Gasteiger partial charge < -0.3 is 9.47 Å². The number of alkyl halides is 6. The predicted octanol–water partition coefficient (Wildman–Crippen LogP) is 2.06. The lowest BCUT2D eigenvalue weighted by Gasteiger charge is -2.25. The number of halogens is 6. The standard InChI is InChI=1S/C7H8F6O3/c1-3(4(14)15-2)16-5(6(8,9)10)7(11,12)13/h3,5H,1-2H3. The van der Waals surface area contributed by atoms with E-state index in [4.69, 9.17) is 0 Å². The number of esters is 1. The molecule has 16 heavy (non-hydrogen) atoms. The summed E-state index contributed by atoms with van der Waals surface area (Å²) in [4.78, 5) is 10.6. The van der Waals surface area contributed by atoms with E-state index in [1.54, 1.807) is 0 Å². The third kappa shape index (κ3) is 4.25. The SMILES string of the molecule is COC(=O)C(C)OC(C(F)(F)F)C(F)(F)F. The van der Waals surface area contributed by atoms with E-state index >= 15 is 0 Å². The fraction of sp³-hybridized carbons (Fsp3) is 0.857. The maximum Gasteiger partial charge on any atom is 0.423 e. The van der Waals surface area contributed by atoms with Gasteiger partial charge in [0.2, 0.25) is 6.10 Å². The molecule has 0 rings (SSSR count). The fourth-order valence-electron chi connectivity index (χ4n) is 0.766. The van der Waals surface area contributed by atoms with Crippen LogP contribution in [0.4, 0.5) is 26.3 Å². The molecule has 0 radical (unpaired) electrons. The molecular formula is C7H8F6O3. The molecule has 0 amide bonds. The molecule has 9 heteroatoms. The Kier molecular flexibility index (Phi) is 4.59. The van der Waals surface area contributed by atoms with Crippen LogP contribution in [0.15, 0.2) is 0 Å². The third-order valence-electron chi connectivity index (χ3n) is 1.47. The van der Waals surface area contributed by atoms with E-state index in [0.29, 0.717) is 0 Å². The lowest BCUT2D eigenvalue weighted by atomic mass is 10.3. The third-order valence-corrected chi connectivity index (χ3v) is 1.47. The Hall–Kier alpha value is -0.990. The molecule has 0 N–H and O–H groups in total. The van der Waals surface area contributed by atoms with E-state index in [-0.39, 0.29) is 0 Å². The lowest BCUT2D eigenvalue weighted by Crippen LogP contribution is -2.47. The molecule has 0 aliphatic heterocycles. The molecule has 96 valence electrons. The second kappa shape index (κ2) is 4.89. The quantitative estimate of drug-likeness (QED) is 0.571. The van der Waals surface area contributed by atoms with Gasteiger partial charge in [-0.25, -0.2) is 4.79 Å². The molecule has 0 aromatic carbocycles. The van der Waals surface area contributed by atoms with Crippen LogP contribution in [-0.4, -0.2) is 37.6 Å². The van der Waals surface area contributed by atoms with Crippen molar-refractivity contribution in [1.29, 1.82) is 0 Å². The van der Waals surface area contributed by atoms with Gasteiger partial charge >= 0.3 is 18.3 Å². The predicted molar refractivity (Wildman–Crippen MR) is 38.5 cm³/mol. The topological polar surface area (TPSA) is 35.5 Å². The minimum atomic E-state index is -5.64. The van der Waals surface area contributed by atoms with Gasteiger partial charge in [0.25, 0.3) is 0 Å². The molecule has 0 aliphatic rings. The first-order chi connectivity index (χ1) is 7.00. The molecule has 0 bridgehead atoms. The minimum absolute atomic E-state index is 0.732. The Bertz CT molecular complexity index is 231. The Morgan fingerprint density at radius 1 is 1.06 bits per heavy atom. The van der Waals surface area contributed by atoms with Gasteiger partial charge in [0.1, 0.15) is 0 Å². The van der Waals surface area contributed by atoms with Crippen LogP contribution in [0.3, 0.4) is 0 Å². The Labute approximate surface area is 86.3 Å². The summed E-state index contributed by atoms with van der Waals surface area (Å²) in [5.41, 5.74) is 0. The van der Waals surface area contributed by atoms with Gasteiger partial charge in [0.15, 0.2) is 6.10 Å². The molecular weight excluding hydrogens is 246 g/mol. The molecule has 0 saturated heterocycles. The van der Waals surface area contributed by atoms with Crippen LogP contribution < -0.4 is 0 Å². The van der Waals surface area contributed by atoms with Crippen LogP contribution in [0.5, 0.6) is 0 Å². The molecule has 1 atom stereocenters. The highest BCUT2D eigenvalue weighted by Gasteiger charge is 2.59. The monoisotopic (exact) mass is 254 g/mol. The second-order valence-corrected chi connectivity index (χ2v) is 2.76. The molecule has 0 heterocycles. The van der Waals surface area contributed by atoms with Crippen LogP contribution in [0.2, 0.25) is 0 Å². The van der Waals surface area contributed by atoms with E-state index in [1.807, 2.05) is 0 Å². The van der Waals surface area contributed by atoms with Gasteiger partial charge in [0, 0.05) is 0 Å². The number of carbonyl (C=O) groups is 1. The van der Waals surface area contributed by atoms with Crippen molar-refractivity contribution in [2.24, 2.45) is 0 Å². The number of ether oxygens (including phenoxy) is 2. The molecule has 3 nitrogen and oxygen atoms in total. The number of carbonyl (C=O) groups excluding carboxylic acids is 1. The molecule has 0 aromatic rings. The maximum atomic E-state index is 11.9. The fourth-order valence-corrected chi connectivity index (χ4v) is 0.766. The van der Waals surface area contributed by atoms with Crippen LogP contribution >= 0.6 is 0 Å². The summed E-state index contributed by atoms with van der Waals surface area (Å²) in [5.74, 6) is -1.32. The average molecular weight is 254 g/mol. The zero-order valence-corrected chi connectivity index (χ0v) is 8.15. The minimum Gasteiger partial charge on any atom is -0.467 e. The summed E-state index contributed by atoms with van der Waals surface area (Å²) in [6.45, 7) is 0.732. The molecule has 0 saturated carbocycles. The van der Waals surface area contributed by atoms with Gasteiger partial charge in [-0.1, -0.05) is 0 Å². The largest absolute Gasteiger partial charge is 0.467 e. The summed E-state index contributed by atoms with van der Waals surface area (Å²) in [6, 6.07) is 0. The van der Waals surface area contributed by atoms with Gasteiger partial charge in [-0.2, -0.15) is 26.3 Å². The Morgan fingerprint density at radius 3 is 1.69 bits per heavy atom. The van der Waals surface area contributed by atoms with E-state index < -0.39 is 30.5 Å². The number of hydrogen-bond donors (Lipinski definition) is 0. The van der Waals surface area contributed by atoms with Gasteiger partial charge in [-0.15, -0.1) is 0 Å². The van der Waals surface area contributed by atoms with E-state index in [9.17, 15) is 31.1 Å². The van der Waals surface area contributed by atoms with Crippen molar-refractivity contribution in [2.45, 2.75) is 31.5 Å². The molecule has 1 unspecified atom stereocenters. The van der Waals surface area contributed by atoms with Crippen molar-refractivity contribution in [1.82, 2.24) is 0 Å². The number of methoxy groups -OCH3 is 1. The lowest BCUT2D eigenvalue weighted by molar-refractivity contribution is -0.328. The van der Waals surface area contributed by atoms with Gasteiger partial charge in [-0.05, 0) is 6.92 Å². The van der Waals surface area contributed by atoms with Gasteiger partial charge in [0.05, 0.1) is 7.11 Å². The van der Waals surface area contributed by atoms with Crippen molar-refractivity contribution < 1.29 is 40.6 Å². The first-order valence-corrected chi connectivity index (χ1v) is 3.87. The Morgan fingerprint density at radius 2 is 1.44 bits per heavy atom. The zero-order valence-electron chi connectivity index (χ0n) is 8.15. The summed E-state index contributed by atoms with van der Waals surface area (Å²) < 4.78 is 79.2. The Balaban J connectivity index is 4.77. The number of rotatable bonds is 3. The first-order valence-electron chi connectivity index (χ1n) is 3.87. The van der Waals surface area contributed by atoms with Crippen LogP contribution in [0.25, 0.3) is 0 Å². The number of hydrogen-bond acceptors (Lipinski definition) is 3. The van der Waals surface area contributed by atoms with Crippen molar-refractivity contribution in [3.8, 4) is 0 Å². The molecule has 0 aliphatic carbocycles. The van der Waals surface area contributed by atoms with Crippen molar-refractivity contribution in [3.63, 3.8) is 0 Å². The first kappa shape index (κ1) is 15.0. The highest BCUT2D eigenvalue weighted by Crippen LogP contribution is 2.36. The summed E-state index contributed by atoms with van der Waals surface area (Å²) >= 11 is 0. The summed E-state index contributed by atoms with van der Waals surface area (Å²) in [7, 11) is 0.818. The van der Waals surface area contributed by atoms with Crippen molar-refractivity contribution in [3.05, 3.63) is 0 Å². The molecule has 0 aromatic heterocycles. The second-order valence-electron chi connectivity index (χ2n) is 2.76. The van der Waals surface area contributed by atoms with E-state index in [0.717, 1.165) is 14.0 Å². The maximum absolute atomic E-state index is 11.9. The summed E-state index contributed by atoms with van der Waals surface area (Å²) in [5, 5.41) is 0. The molecule has 0 fully saturated rings. The molecule has 0 spiro atoms. The van der Waals surface area contributed by atoms with Crippen LogP contribution in [0.1, 0.15) is 6.92 Å². The van der Waals surface area contributed by atoms with E-state index in [1.165, 1.54) is 0 Å². The highest BCUT2D eigenvalue weighted by molar-refractivity contribution is 5.73. The van der Waals surface area contributed by atoms with Crippen LogP contribution in [0, 0.1) is 0 Å². The van der Waals surface area contributed by atoms with Gasteiger partial charge in [-0.3, -0.25) is 0 Å². The normalized spacial score (nSPS) is 15.1. The van der Waals surface area contributed by atoms with E-state index in [2.05, 4.69) is 9.47 Å². The zero-order chi connectivity index (χ0) is 13.1. The summed E-state index contributed by atoms with van der Waals surface area (Å²) in [6.07, 6.45) is -17.2. The van der Waals surface area contributed by atoms with Crippen molar-refractivity contribution >= 4 is 5.97 Å². The van der Waals surface area contributed by atoms with Crippen molar-refractivity contribution in [2.75, 3.05) is 7.11 Å². The average Bonchev–Trinajstić information content (AvgIpc) is 2.08. The smallest absolute Gasteiger partial charge is 0.423 e. The van der Waals surface area contributed by atoms with Crippen LogP contribution in [-0.2, 0) is 14.3 Å².